The molecule has 0 saturated heterocycles. The molecule has 7 heteroatoms. The van der Waals surface area contributed by atoms with Crippen LogP contribution < -0.4 is 5.32 Å². The Morgan fingerprint density at radius 1 is 1.48 bits per heavy atom. The van der Waals surface area contributed by atoms with Gasteiger partial charge in [-0.15, -0.1) is 0 Å². The first-order valence-corrected chi connectivity index (χ1v) is 6.78. The first-order valence-electron chi connectivity index (χ1n) is 6.78. The summed E-state index contributed by atoms with van der Waals surface area (Å²) in [4.78, 5) is 23.4. The number of non-ortho nitro benzene ring substituents is 1. The lowest BCUT2D eigenvalue weighted by molar-refractivity contribution is -0.384. The third kappa shape index (κ3) is 5.03. The van der Waals surface area contributed by atoms with Gasteiger partial charge in [0.1, 0.15) is 0 Å². The van der Waals surface area contributed by atoms with Crippen molar-refractivity contribution in [3.8, 4) is 0 Å². The fourth-order valence-corrected chi connectivity index (χ4v) is 1.79. The van der Waals surface area contributed by atoms with Crippen LogP contribution >= 0.6 is 0 Å². The second kappa shape index (κ2) is 7.58. The molecule has 0 bridgehead atoms. The molecular weight excluding hydrogens is 274 g/mol. The third-order valence-corrected chi connectivity index (χ3v) is 3.33. The summed E-state index contributed by atoms with van der Waals surface area (Å²) in [5, 5.41) is 22.8. The molecule has 0 unspecified atom stereocenters. The molecule has 1 rings (SSSR count). The van der Waals surface area contributed by atoms with Gasteiger partial charge in [-0.05, 0) is 39.9 Å². The quantitative estimate of drug-likeness (QED) is 0.434. The second-order valence-corrected chi connectivity index (χ2v) is 5.15. The minimum Gasteiger partial charge on any atom is -0.478 e. The van der Waals surface area contributed by atoms with Gasteiger partial charge < -0.3 is 15.3 Å². The van der Waals surface area contributed by atoms with Gasteiger partial charge in [0.25, 0.3) is 5.69 Å². The van der Waals surface area contributed by atoms with E-state index in [0.29, 0.717) is 18.3 Å². The number of nitrogens with zero attached hydrogens (tertiary/aromatic N) is 2. The third-order valence-electron chi connectivity index (χ3n) is 3.33. The molecule has 0 spiro atoms. The number of aromatic carboxylic acids is 1. The van der Waals surface area contributed by atoms with E-state index >= 15 is 0 Å². The zero-order chi connectivity index (χ0) is 16.0. The molecule has 1 aromatic carbocycles. The van der Waals surface area contributed by atoms with Crippen molar-refractivity contribution in [2.75, 3.05) is 25.5 Å². The van der Waals surface area contributed by atoms with Crippen LogP contribution in [0, 0.1) is 10.1 Å². The van der Waals surface area contributed by atoms with Crippen LogP contribution in [0.5, 0.6) is 0 Å². The second-order valence-electron chi connectivity index (χ2n) is 5.15. The van der Waals surface area contributed by atoms with Crippen LogP contribution in [0.25, 0.3) is 0 Å². The van der Waals surface area contributed by atoms with E-state index in [2.05, 4.69) is 24.1 Å². The fraction of sp³-hybridized carbons (Fsp3) is 0.500. The lowest BCUT2D eigenvalue weighted by Gasteiger charge is -2.21. The summed E-state index contributed by atoms with van der Waals surface area (Å²) >= 11 is 0. The van der Waals surface area contributed by atoms with Crippen LogP contribution in [-0.2, 0) is 0 Å². The first-order chi connectivity index (χ1) is 9.82. The van der Waals surface area contributed by atoms with Crippen LogP contribution in [0.2, 0.25) is 0 Å². The van der Waals surface area contributed by atoms with Gasteiger partial charge in [-0.25, -0.2) is 4.79 Å². The fourth-order valence-electron chi connectivity index (χ4n) is 1.79. The van der Waals surface area contributed by atoms with Gasteiger partial charge in [-0.3, -0.25) is 10.1 Å². The summed E-state index contributed by atoms with van der Waals surface area (Å²) in [7, 11) is 2.03. The van der Waals surface area contributed by atoms with Gasteiger partial charge >= 0.3 is 5.97 Å². The highest BCUT2D eigenvalue weighted by Gasteiger charge is 2.15. The zero-order valence-electron chi connectivity index (χ0n) is 12.5. The van der Waals surface area contributed by atoms with Crippen molar-refractivity contribution in [2.45, 2.75) is 26.3 Å². The number of nitrogens with one attached hydrogen (secondary N) is 1. The van der Waals surface area contributed by atoms with Crippen molar-refractivity contribution in [2.24, 2.45) is 0 Å². The number of carboxylic acids is 1. The highest BCUT2D eigenvalue weighted by atomic mass is 16.6. The predicted molar refractivity (Wildman–Crippen MR) is 80.9 cm³/mol. The van der Waals surface area contributed by atoms with E-state index in [1.807, 2.05) is 7.05 Å². The van der Waals surface area contributed by atoms with E-state index in [0.717, 1.165) is 19.0 Å². The molecule has 0 heterocycles. The van der Waals surface area contributed by atoms with Crippen molar-refractivity contribution in [3.05, 3.63) is 33.9 Å². The van der Waals surface area contributed by atoms with Crippen LogP contribution in [-0.4, -0.2) is 47.1 Å². The van der Waals surface area contributed by atoms with E-state index in [-0.39, 0.29) is 11.3 Å². The number of hydrogen-bond donors (Lipinski definition) is 2. The van der Waals surface area contributed by atoms with Gasteiger partial charge in [0.05, 0.1) is 10.5 Å². The monoisotopic (exact) mass is 295 g/mol. The van der Waals surface area contributed by atoms with E-state index in [4.69, 9.17) is 5.11 Å². The van der Waals surface area contributed by atoms with Gasteiger partial charge in [0.15, 0.2) is 0 Å². The van der Waals surface area contributed by atoms with Crippen LogP contribution in [0.4, 0.5) is 11.4 Å². The Morgan fingerprint density at radius 3 is 2.67 bits per heavy atom. The van der Waals surface area contributed by atoms with Crippen LogP contribution in [0.15, 0.2) is 18.2 Å². The summed E-state index contributed by atoms with van der Waals surface area (Å²) in [5.41, 5.74) is 0.0965. The Hall–Kier alpha value is -2.15. The number of nitro benzene ring substituents is 1. The topological polar surface area (TPSA) is 95.7 Å². The van der Waals surface area contributed by atoms with Crippen LogP contribution in [0.3, 0.4) is 0 Å². The molecule has 1 aromatic rings. The highest BCUT2D eigenvalue weighted by Crippen LogP contribution is 2.22. The Morgan fingerprint density at radius 2 is 2.14 bits per heavy atom. The van der Waals surface area contributed by atoms with Gasteiger partial charge in [-0.1, -0.05) is 0 Å². The maximum absolute atomic E-state index is 11.2. The zero-order valence-corrected chi connectivity index (χ0v) is 12.5. The molecule has 0 aliphatic rings. The van der Waals surface area contributed by atoms with Crippen LogP contribution in [0.1, 0.15) is 30.6 Å². The normalized spacial score (nSPS) is 10.9. The van der Waals surface area contributed by atoms with E-state index in [1.54, 1.807) is 0 Å². The molecular formula is C14H21N3O4. The van der Waals surface area contributed by atoms with E-state index in [9.17, 15) is 14.9 Å². The summed E-state index contributed by atoms with van der Waals surface area (Å²) in [6, 6.07) is 4.27. The Labute approximate surface area is 123 Å². The lowest BCUT2D eigenvalue weighted by atomic mass is 10.1. The van der Waals surface area contributed by atoms with E-state index in [1.165, 1.54) is 12.1 Å². The molecule has 0 aromatic heterocycles. The number of nitro groups is 1. The maximum atomic E-state index is 11.2. The Balaban J connectivity index is 2.66. The summed E-state index contributed by atoms with van der Waals surface area (Å²) in [6.07, 6.45) is 0.852. The molecule has 116 valence electrons. The van der Waals surface area contributed by atoms with Gasteiger partial charge in [-0.2, -0.15) is 0 Å². The largest absolute Gasteiger partial charge is 0.478 e. The number of hydrogen-bond acceptors (Lipinski definition) is 5. The molecule has 0 aliphatic heterocycles. The molecule has 0 amide bonds. The maximum Gasteiger partial charge on any atom is 0.338 e. The van der Waals surface area contributed by atoms with Crippen molar-refractivity contribution < 1.29 is 14.8 Å². The molecule has 21 heavy (non-hydrogen) atoms. The van der Waals surface area contributed by atoms with Crippen molar-refractivity contribution in [1.29, 1.82) is 0 Å². The average molecular weight is 295 g/mol. The lowest BCUT2D eigenvalue weighted by Crippen LogP contribution is -2.28. The average Bonchev–Trinajstić information content (AvgIpc) is 2.42. The molecule has 0 radical (unpaired) electrons. The predicted octanol–water partition coefficient (Wildman–Crippen LogP) is 2.44. The minimum atomic E-state index is -1.18. The smallest absolute Gasteiger partial charge is 0.338 e. The Bertz CT molecular complexity index is 517. The molecule has 2 N–H and O–H groups in total. The summed E-state index contributed by atoms with van der Waals surface area (Å²) < 4.78 is 0. The number of anilines is 1. The minimum absolute atomic E-state index is 0.0820. The number of carboxylic acid groups (broad SMARTS) is 1. The van der Waals surface area contributed by atoms with Crippen molar-refractivity contribution >= 4 is 17.3 Å². The first kappa shape index (κ1) is 16.9. The van der Waals surface area contributed by atoms with Gasteiger partial charge in [0, 0.05) is 30.4 Å². The highest BCUT2D eigenvalue weighted by molar-refractivity contribution is 5.95. The summed E-state index contributed by atoms with van der Waals surface area (Å²) in [5.74, 6) is -1.18. The number of rotatable bonds is 8. The molecule has 0 fully saturated rings. The summed E-state index contributed by atoms with van der Waals surface area (Å²) in [6.45, 7) is 5.70. The molecule has 0 saturated carbocycles. The molecule has 7 nitrogen and oxygen atoms in total. The Kier molecular flexibility index (Phi) is 6.10. The standard InChI is InChI=1S/C14H21N3O4/c1-10(2)16(3)8-4-7-15-13-6-5-11(17(20)21)9-12(13)14(18)19/h5-6,9-10,15H,4,7-8H2,1-3H3,(H,18,19). The van der Waals surface area contributed by atoms with Crippen molar-refractivity contribution in [3.63, 3.8) is 0 Å². The SMILES string of the molecule is CC(C)N(C)CCCNc1ccc([N+](=O)[O-])cc1C(=O)O. The number of carbonyl (C=O) groups is 1. The van der Waals surface area contributed by atoms with E-state index < -0.39 is 10.9 Å². The van der Waals surface area contributed by atoms with Crippen molar-refractivity contribution in [1.82, 2.24) is 4.90 Å². The van der Waals surface area contributed by atoms with Gasteiger partial charge in [0.2, 0.25) is 0 Å². The number of benzene rings is 1. The molecule has 0 atom stereocenters. The molecule has 0 aliphatic carbocycles.